The van der Waals surface area contributed by atoms with E-state index in [1.807, 2.05) is 42.2 Å². The average molecular weight is 298 g/mol. The number of rotatable bonds is 5. The summed E-state index contributed by atoms with van der Waals surface area (Å²) in [4.78, 5) is 4.51. The summed E-state index contributed by atoms with van der Waals surface area (Å²) in [6, 6.07) is 10.5. The number of nitrogens with one attached hydrogen (secondary N) is 1. The second kappa shape index (κ2) is 6.10. The van der Waals surface area contributed by atoms with Gasteiger partial charge in [-0.15, -0.1) is 11.3 Å². The summed E-state index contributed by atoms with van der Waals surface area (Å²) in [7, 11) is 0. The molecule has 1 aromatic carbocycles. The lowest BCUT2D eigenvalue weighted by Crippen LogP contribution is -2.06. The van der Waals surface area contributed by atoms with Crippen LogP contribution < -0.4 is 5.32 Å². The topological polar surface area (TPSA) is 42.7 Å². The molecular formula is C16H18N4S. The van der Waals surface area contributed by atoms with E-state index in [1.54, 1.807) is 11.3 Å². The van der Waals surface area contributed by atoms with Crippen molar-refractivity contribution in [3.8, 4) is 0 Å². The number of hydrogen-bond acceptors (Lipinski definition) is 4. The first kappa shape index (κ1) is 13.8. The number of hydrogen-bond donors (Lipinski definition) is 1. The molecule has 2 aromatic heterocycles. The molecule has 0 bridgehead atoms. The first-order valence-corrected chi connectivity index (χ1v) is 7.83. The average Bonchev–Trinajstić information content (AvgIpc) is 3.09. The van der Waals surface area contributed by atoms with Crippen LogP contribution in [-0.4, -0.2) is 14.8 Å². The van der Waals surface area contributed by atoms with E-state index in [1.165, 1.54) is 5.56 Å². The maximum absolute atomic E-state index is 4.51. The molecule has 0 amide bonds. The molecule has 0 fully saturated rings. The second-order valence-corrected chi connectivity index (χ2v) is 6.13. The van der Waals surface area contributed by atoms with Gasteiger partial charge in [-0.05, 0) is 19.4 Å². The van der Waals surface area contributed by atoms with Gasteiger partial charge in [0.2, 0.25) is 0 Å². The predicted octanol–water partition coefficient (Wildman–Crippen LogP) is 3.87. The zero-order valence-corrected chi connectivity index (χ0v) is 13.0. The van der Waals surface area contributed by atoms with Gasteiger partial charge in [-0.3, -0.25) is 4.68 Å². The van der Waals surface area contributed by atoms with Gasteiger partial charge in [0.1, 0.15) is 0 Å². The Morgan fingerprint density at radius 1 is 1.29 bits per heavy atom. The molecule has 1 unspecified atom stereocenters. The molecule has 0 aliphatic rings. The van der Waals surface area contributed by atoms with E-state index in [4.69, 9.17) is 0 Å². The van der Waals surface area contributed by atoms with Gasteiger partial charge < -0.3 is 5.32 Å². The van der Waals surface area contributed by atoms with Crippen LogP contribution in [0.5, 0.6) is 0 Å². The maximum Gasteiger partial charge on any atom is 0.0898 e. The Labute approximate surface area is 128 Å². The fourth-order valence-electron chi connectivity index (χ4n) is 2.20. The van der Waals surface area contributed by atoms with E-state index in [0.717, 1.165) is 22.9 Å². The molecule has 4 nitrogen and oxygen atoms in total. The van der Waals surface area contributed by atoms with Crippen LogP contribution in [0, 0.1) is 6.92 Å². The van der Waals surface area contributed by atoms with Crippen LogP contribution in [0.1, 0.15) is 29.2 Å². The van der Waals surface area contributed by atoms with Gasteiger partial charge in [-0.1, -0.05) is 30.3 Å². The van der Waals surface area contributed by atoms with Gasteiger partial charge in [0, 0.05) is 11.6 Å². The third kappa shape index (κ3) is 3.49. The Bertz CT molecular complexity index is 702. The molecule has 0 aliphatic heterocycles. The molecule has 1 atom stereocenters. The predicted molar refractivity (Wildman–Crippen MR) is 86.7 cm³/mol. The summed E-state index contributed by atoms with van der Waals surface area (Å²) >= 11 is 1.68. The van der Waals surface area contributed by atoms with E-state index in [0.29, 0.717) is 0 Å². The van der Waals surface area contributed by atoms with Gasteiger partial charge >= 0.3 is 0 Å². The fraction of sp³-hybridized carbons (Fsp3) is 0.250. The standard InChI is InChI=1S/C16H18N4S/c1-12(16-11-21-13(2)19-16)18-15-8-17-20(10-15)9-14-6-4-3-5-7-14/h3-8,10-12,18H,9H2,1-2H3. The third-order valence-corrected chi connectivity index (χ3v) is 4.08. The lowest BCUT2D eigenvalue weighted by molar-refractivity contribution is 0.687. The van der Waals surface area contributed by atoms with Crippen LogP contribution in [0.25, 0.3) is 0 Å². The largest absolute Gasteiger partial charge is 0.374 e. The zero-order chi connectivity index (χ0) is 14.7. The molecule has 0 saturated carbocycles. The molecule has 0 saturated heterocycles. The van der Waals surface area contributed by atoms with Crippen molar-refractivity contribution in [3.05, 3.63) is 64.4 Å². The van der Waals surface area contributed by atoms with Crippen LogP contribution in [0.2, 0.25) is 0 Å². The summed E-state index contributed by atoms with van der Waals surface area (Å²) in [6.07, 6.45) is 3.89. The van der Waals surface area contributed by atoms with Gasteiger partial charge in [0.15, 0.2) is 0 Å². The lowest BCUT2D eigenvalue weighted by Gasteiger charge is -2.10. The number of aryl methyl sites for hydroxylation is 1. The second-order valence-electron chi connectivity index (χ2n) is 5.07. The van der Waals surface area contributed by atoms with Gasteiger partial charge in [0.25, 0.3) is 0 Å². The van der Waals surface area contributed by atoms with Crippen LogP contribution >= 0.6 is 11.3 Å². The van der Waals surface area contributed by atoms with E-state index in [-0.39, 0.29) is 6.04 Å². The molecule has 3 aromatic rings. The van der Waals surface area contributed by atoms with E-state index in [9.17, 15) is 0 Å². The molecule has 1 N–H and O–H groups in total. The van der Waals surface area contributed by atoms with Gasteiger partial charge in [0.05, 0.1) is 35.2 Å². The lowest BCUT2D eigenvalue weighted by atomic mass is 10.2. The first-order valence-electron chi connectivity index (χ1n) is 6.95. The van der Waals surface area contributed by atoms with Crippen molar-refractivity contribution in [1.29, 1.82) is 0 Å². The summed E-state index contributed by atoms with van der Waals surface area (Å²) in [5.41, 5.74) is 3.34. The van der Waals surface area contributed by atoms with E-state index < -0.39 is 0 Å². The molecule has 2 heterocycles. The Morgan fingerprint density at radius 2 is 2.10 bits per heavy atom. The summed E-state index contributed by atoms with van der Waals surface area (Å²) in [5.74, 6) is 0. The Kier molecular flexibility index (Phi) is 4.01. The van der Waals surface area contributed by atoms with E-state index in [2.05, 4.69) is 39.8 Å². The minimum Gasteiger partial charge on any atom is -0.374 e. The van der Waals surface area contributed by atoms with Crippen molar-refractivity contribution in [2.45, 2.75) is 26.4 Å². The Balaban J connectivity index is 1.65. The summed E-state index contributed by atoms with van der Waals surface area (Å²) in [5, 5.41) is 11.0. The molecule has 0 aliphatic carbocycles. The minimum atomic E-state index is 0.185. The molecule has 3 rings (SSSR count). The minimum absolute atomic E-state index is 0.185. The van der Waals surface area contributed by atoms with Crippen LogP contribution in [0.4, 0.5) is 5.69 Å². The van der Waals surface area contributed by atoms with Crippen molar-refractivity contribution in [1.82, 2.24) is 14.8 Å². The number of anilines is 1. The monoisotopic (exact) mass is 298 g/mol. The van der Waals surface area contributed by atoms with Crippen molar-refractivity contribution in [2.24, 2.45) is 0 Å². The third-order valence-electron chi connectivity index (χ3n) is 3.28. The SMILES string of the molecule is Cc1nc(C(C)Nc2cnn(Cc3ccccc3)c2)cs1. The quantitative estimate of drug-likeness (QED) is 0.777. The normalized spacial score (nSPS) is 12.3. The molecular weight excluding hydrogens is 280 g/mol. The van der Waals surface area contributed by atoms with Crippen LogP contribution in [-0.2, 0) is 6.54 Å². The summed E-state index contributed by atoms with van der Waals surface area (Å²) in [6.45, 7) is 4.93. The van der Waals surface area contributed by atoms with E-state index >= 15 is 0 Å². The molecule has 21 heavy (non-hydrogen) atoms. The number of benzene rings is 1. The van der Waals surface area contributed by atoms with Crippen LogP contribution in [0.15, 0.2) is 48.1 Å². The smallest absolute Gasteiger partial charge is 0.0898 e. The van der Waals surface area contributed by atoms with Gasteiger partial charge in [-0.25, -0.2) is 4.98 Å². The van der Waals surface area contributed by atoms with Crippen molar-refractivity contribution in [2.75, 3.05) is 5.32 Å². The zero-order valence-electron chi connectivity index (χ0n) is 12.2. The number of nitrogens with zero attached hydrogens (tertiary/aromatic N) is 3. The van der Waals surface area contributed by atoms with Crippen LogP contribution in [0.3, 0.4) is 0 Å². The maximum atomic E-state index is 4.51. The molecule has 108 valence electrons. The molecule has 0 spiro atoms. The highest BCUT2D eigenvalue weighted by Crippen LogP contribution is 2.20. The highest BCUT2D eigenvalue weighted by Gasteiger charge is 2.09. The van der Waals surface area contributed by atoms with Crippen molar-refractivity contribution in [3.63, 3.8) is 0 Å². The number of thiazole rings is 1. The summed E-state index contributed by atoms with van der Waals surface area (Å²) < 4.78 is 1.94. The fourth-order valence-corrected chi connectivity index (χ4v) is 2.90. The highest BCUT2D eigenvalue weighted by atomic mass is 32.1. The van der Waals surface area contributed by atoms with Crippen molar-refractivity contribution < 1.29 is 0 Å². The first-order chi connectivity index (χ1) is 10.2. The number of aromatic nitrogens is 3. The Hall–Kier alpha value is -2.14. The molecule has 5 heteroatoms. The van der Waals surface area contributed by atoms with Gasteiger partial charge in [-0.2, -0.15) is 5.10 Å². The Morgan fingerprint density at radius 3 is 2.81 bits per heavy atom. The molecule has 0 radical (unpaired) electrons. The van der Waals surface area contributed by atoms with Crippen molar-refractivity contribution >= 4 is 17.0 Å². The highest BCUT2D eigenvalue weighted by molar-refractivity contribution is 7.09.